The van der Waals surface area contributed by atoms with Crippen LogP contribution in [0.25, 0.3) is 10.9 Å². The molecule has 1 aromatic carbocycles. The molecule has 3 rings (SSSR count). The average molecular weight is 330 g/mol. The number of nitrogens with one attached hydrogen (secondary N) is 1. The predicted molar refractivity (Wildman–Crippen MR) is 95.4 cm³/mol. The molecule has 1 aromatic heterocycles. The van der Waals surface area contributed by atoms with Crippen LogP contribution >= 0.6 is 0 Å². The van der Waals surface area contributed by atoms with Gasteiger partial charge in [0, 0.05) is 33.3 Å². The molecule has 130 valence electrons. The number of aromatic nitrogens is 2. The van der Waals surface area contributed by atoms with Gasteiger partial charge in [-0.05, 0) is 18.6 Å². The highest BCUT2D eigenvalue weighted by Gasteiger charge is 2.25. The minimum absolute atomic E-state index is 0.0289. The van der Waals surface area contributed by atoms with Crippen molar-refractivity contribution < 1.29 is 4.74 Å². The monoisotopic (exact) mass is 330 g/mol. The van der Waals surface area contributed by atoms with E-state index in [1.54, 1.807) is 7.11 Å². The normalized spacial score (nSPS) is 17.2. The Morgan fingerprint density at radius 3 is 2.75 bits per heavy atom. The predicted octanol–water partition coefficient (Wildman–Crippen LogP) is 1.40. The van der Waals surface area contributed by atoms with Gasteiger partial charge in [0.1, 0.15) is 5.82 Å². The van der Waals surface area contributed by atoms with E-state index >= 15 is 0 Å². The highest BCUT2D eigenvalue weighted by Crippen LogP contribution is 2.23. The van der Waals surface area contributed by atoms with Crippen LogP contribution in [0.3, 0.4) is 0 Å². The average Bonchev–Trinajstić information content (AvgIpc) is 2.63. The fraction of sp³-hybridized carbons (Fsp3) is 0.556. The fourth-order valence-electron chi connectivity index (χ4n) is 3.44. The molecule has 0 bridgehead atoms. The first-order valence-corrected chi connectivity index (χ1v) is 8.69. The van der Waals surface area contributed by atoms with E-state index in [4.69, 9.17) is 9.72 Å². The summed E-state index contributed by atoms with van der Waals surface area (Å²) in [6, 6.07) is 7.75. The summed E-state index contributed by atoms with van der Waals surface area (Å²) in [4.78, 5) is 20.3. The number of para-hydroxylation sites is 1. The molecule has 2 heterocycles. The smallest absolute Gasteiger partial charge is 0.261 e. The lowest BCUT2D eigenvalue weighted by atomic mass is 10.1. The number of hydrogen-bond acceptors (Lipinski definition) is 5. The van der Waals surface area contributed by atoms with E-state index in [0.717, 1.165) is 43.9 Å². The van der Waals surface area contributed by atoms with E-state index in [1.807, 2.05) is 28.8 Å². The van der Waals surface area contributed by atoms with Gasteiger partial charge in [0.15, 0.2) is 0 Å². The van der Waals surface area contributed by atoms with Crippen LogP contribution in [0.2, 0.25) is 0 Å². The molecule has 0 aliphatic carbocycles. The van der Waals surface area contributed by atoms with E-state index in [0.29, 0.717) is 18.5 Å². The highest BCUT2D eigenvalue weighted by molar-refractivity contribution is 5.77. The zero-order valence-electron chi connectivity index (χ0n) is 14.5. The van der Waals surface area contributed by atoms with Gasteiger partial charge in [-0.25, -0.2) is 4.98 Å². The van der Waals surface area contributed by atoms with Crippen LogP contribution in [0.1, 0.15) is 25.2 Å². The highest BCUT2D eigenvalue weighted by atomic mass is 16.5. The first kappa shape index (κ1) is 17.1. The molecule has 1 fully saturated rings. The Bertz CT molecular complexity index is 737. The first-order chi connectivity index (χ1) is 11.8. The van der Waals surface area contributed by atoms with Gasteiger partial charge >= 0.3 is 0 Å². The molecule has 1 aliphatic rings. The van der Waals surface area contributed by atoms with Gasteiger partial charge in [-0.2, -0.15) is 0 Å². The van der Waals surface area contributed by atoms with Crippen molar-refractivity contribution >= 4 is 10.9 Å². The molecule has 1 N–H and O–H groups in total. The third-order valence-electron chi connectivity index (χ3n) is 4.69. The van der Waals surface area contributed by atoms with Crippen LogP contribution in [-0.2, 0) is 11.3 Å². The molecule has 1 atom stereocenters. The van der Waals surface area contributed by atoms with Crippen LogP contribution < -0.4 is 10.9 Å². The summed E-state index contributed by atoms with van der Waals surface area (Å²) in [5.74, 6) is 0.861. The van der Waals surface area contributed by atoms with Crippen LogP contribution in [0, 0.1) is 0 Å². The molecule has 1 saturated heterocycles. The minimum atomic E-state index is 0.0289. The molecule has 0 saturated carbocycles. The Balaban J connectivity index is 2.10. The summed E-state index contributed by atoms with van der Waals surface area (Å²) >= 11 is 0. The Kier molecular flexibility index (Phi) is 5.60. The van der Waals surface area contributed by atoms with Crippen LogP contribution in [-0.4, -0.2) is 54.3 Å². The lowest BCUT2D eigenvalue weighted by Crippen LogP contribution is -2.46. The quantitative estimate of drug-likeness (QED) is 0.867. The summed E-state index contributed by atoms with van der Waals surface area (Å²) in [5.41, 5.74) is 0.806. The number of ether oxygens (including phenoxy) is 1. The summed E-state index contributed by atoms with van der Waals surface area (Å²) < 4.78 is 7.02. The van der Waals surface area contributed by atoms with Crippen molar-refractivity contribution in [2.24, 2.45) is 0 Å². The van der Waals surface area contributed by atoms with Crippen molar-refractivity contribution in [1.29, 1.82) is 0 Å². The zero-order chi connectivity index (χ0) is 16.9. The Morgan fingerprint density at radius 2 is 2.04 bits per heavy atom. The number of methoxy groups -OCH3 is 1. The van der Waals surface area contributed by atoms with E-state index in [9.17, 15) is 4.79 Å². The molecule has 24 heavy (non-hydrogen) atoms. The second kappa shape index (κ2) is 7.88. The summed E-state index contributed by atoms with van der Waals surface area (Å²) in [7, 11) is 1.66. The Morgan fingerprint density at radius 1 is 1.29 bits per heavy atom. The van der Waals surface area contributed by atoms with Gasteiger partial charge < -0.3 is 10.1 Å². The summed E-state index contributed by atoms with van der Waals surface area (Å²) in [6.07, 6.45) is 0.928. The molecular weight excluding hydrogens is 304 g/mol. The van der Waals surface area contributed by atoms with Gasteiger partial charge in [-0.1, -0.05) is 19.1 Å². The Labute approximate surface area is 142 Å². The Hall–Kier alpha value is -1.76. The lowest BCUT2D eigenvalue weighted by Gasteiger charge is -2.35. The van der Waals surface area contributed by atoms with Gasteiger partial charge in [0.05, 0.1) is 30.1 Å². The SMILES string of the molecule is CC[C@@H](c1nc2ccccc2c(=O)n1CCOC)N1CCNCC1. The van der Waals surface area contributed by atoms with E-state index in [2.05, 4.69) is 17.1 Å². The van der Waals surface area contributed by atoms with Gasteiger partial charge in [0.25, 0.3) is 5.56 Å². The van der Waals surface area contributed by atoms with Crippen LogP contribution in [0.4, 0.5) is 0 Å². The second-order valence-electron chi connectivity index (χ2n) is 6.15. The zero-order valence-corrected chi connectivity index (χ0v) is 14.5. The van der Waals surface area contributed by atoms with Gasteiger partial charge in [-0.15, -0.1) is 0 Å². The number of nitrogens with zero attached hydrogens (tertiary/aromatic N) is 3. The van der Waals surface area contributed by atoms with E-state index < -0.39 is 0 Å². The largest absolute Gasteiger partial charge is 0.383 e. The maximum absolute atomic E-state index is 13.0. The third-order valence-corrected chi connectivity index (χ3v) is 4.69. The van der Waals surface area contributed by atoms with E-state index in [1.165, 1.54) is 0 Å². The lowest BCUT2D eigenvalue weighted by molar-refractivity contribution is 0.150. The second-order valence-corrected chi connectivity index (χ2v) is 6.15. The van der Waals surface area contributed by atoms with Crippen molar-refractivity contribution in [3.63, 3.8) is 0 Å². The van der Waals surface area contributed by atoms with Crippen molar-refractivity contribution in [3.05, 3.63) is 40.4 Å². The standard InChI is InChI=1S/C18H26N4O2/c1-3-16(21-10-8-19-9-11-21)17-20-15-7-5-4-6-14(15)18(23)22(17)12-13-24-2/h4-7,16,19H,3,8-13H2,1-2H3/t16-/m0/s1. The topological polar surface area (TPSA) is 59.4 Å². The molecule has 6 nitrogen and oxygen atoms in total. The van der Waals surface area contributed by atoms with Crippen molar-refractivity contribution in [3.8, 4) is 0 Å². The van der Waals surface area contributed by atoms with E-state index in [-0.39, 0.29) is 11.6 Å². The summed E-state index contributed by atoms with van der Waals surface area (Å²) in [6.45, 7) is 7.11. The molecule has 1 aliphatic heterocycles. The van der Waals surface area contributed by atoms with Gasteiger partial charge in [-0.3, -0.25) is 14.3 Å². The number of piperazine rings is 1. The molecule has 6 heteroatoms. The van der Waals surface area contributed by atoms with Crippen molar-refractivity contribution in [2.45, 2.75) is 25.9 Å². The fourth-order valence-corrected chi connectivity index (χ4v) is 3.44. The molecule has 0 radical (unpaired) electrons. The van der Waals surface area contributed by atoms with Crippen molar-refractivity contribution in [1.82, 2.24) is 19.8 Å². The molecule has 0 amide bonds. The minimum Gasteiger partial charge on any atom is -0.383 e. The molecule has 0 unspecified atom stereocenters. The number of hydrogen-bond donors (Lipinski definition) is 1. The number of benzene rings is 1. The third kappa shape index (κ3) is 3.36. The number of rotatable bonds is 6. The number of fused-ring (bicyclic) bond motifs is 1. The molecule has 2 aromatic rings. The molecule has 0 spiro atoms. The van der Waals surface area contributed by atoms with Crippen LogP contribution in [0.5, 0.6) is 0 Å². The summed E-state index contributed by atoms with van der Waals surface area (Å²) in [5, 5.41) is 4.06. The maximum Gasteiger partial charge on any atom is 0.261 e. The maximum atomic E-state index is 13.0. The van der Waals surface area contributed by atoms with Crippen LogP contribution in [0.15, 0.2) is 29.1 Å². The van der Waals surface area contributed by atoms with Gasteiger partial charge in [0.2, 0.25) is 0 Å². The first-order valence-electron chi connectivity index (χ1n) is 8.69. The molecular formula is C18H26N4O2. The van der Waals surface area contributed by atoms with Crippen molar-refractivity contribution in [2.75, 3.05) is 39.9 Å².